The number of aromatic hydroxyl groups is 1. The third-order valence-electron chi connectivity index (χ3n) is 12.7. The maximum atomic E-state index is 11.9. The summed E-state index contributed by atoms with van der Waals surface area (Å²) in [4.78, 5) is 10.7. The largest absolute Gasteiger partial charge is 0.508 e. The van der Waals surface area contributed by atoms with Crippen LogP contribution in [0.2, 0.25) is 0 Å². The first-order valence-corrected chi connectivity index (χ1v) is 16.9. The minimum Gasteiger partial charge on any atom is -0.508 e. The van der Waals surface area contributed by atoms with E-state index in [1.165, 1.54) is 78.6 Å². The quantitative estimate of drug-likeness (QED) is 0.268. The summed E-state index contributed by atoms with van der Waals surface area (Å²) in [5.41, 5.74) is 10.6. The number of hydrogen-bond acceptors (Lipinski definition) is 4. The Kier molecular flexibility index (Phi) is 5.53. The zero-order chi connectivity index (χ0) is 29.1. The lowest BCUT2D eigenvalue weighted by Gasteiger charge is -2.57. The number of nitrogens with zero attached hydrogens (tertiary/aromatic N) is 4. The molecular formula is C38H44N4O. The van der Waals surface area contributed by atoms with Crippen molar-refractivity contribution in [2.75, 3.05) is 31.1 Å². The van der Waals surface area contributed by atoms with Gasteiger partial charge < -0.3 is 14.6 Å². The van der Waals surface area contributed by atoms with Gasteiger partial charge in [-0.3, -0.25) is 9.88 Å². The number of phenols is 1. The summed E-state index contributed by atoms with van der Waals surface area (Å²) in [6, 6.07) is 13.9. The van der Waals surface area contributed by atoms with Crippen LogP contribution in [-0.2, 0) is 12.8 Å². The van der Waals surface area contributed by atoms with Crippen LogP contribution in [-0.4, -0.2) is 45.7 Å². The molecule has 7 heterocycles. The summed E-state index contributed by atoms with van der Waals surface area (Å²) >= 11 is 0. The molecule has 0 amide bonds. The minimum atomic E-state index is 0.0868. The van der Waals surface area contributed by atoms with E-state index < -0.39 is 0 Å². The number of benzene rings is 2. The third kappa shape index (κ3) is 3.40. The number of para-hydroxylation sites is 1. The minimum absolute atomic E-state index is 0.0868. The predicted octanol–water partition coefficient (Wildman–Crippen LogP) is 8.17. The highest BCUT2D eigenvalue weighted by atomic mass is 16.3. The Morgan fingerprint density at radius 1 is 1.05 bits per heavy atom. The van der Waals surface area contributed by atoms with Crippen molar-refractivity contribution in [2.45, 2.75) is 83.7 Å². The van der Waals surface area contributed by atoms with Crippen molar-refractivity contribution in [1.82, 2.24) is 14.5 Å². The SMILES string of the molecule is C=Cc1c2c(nc3cc(O)c([C@@H]4C[C@@]5(CC)CCCN6CCc7c(n4c4ccccc74)[C@H]65)cc13)C[C@]1(CC)CCCN2C1. The van der Waals surface area contributed by atoms with Gasteiger partial charge in [0.25, 0.3) is 0 Å². The van der Waals surface area contributed by atoms with Crippen molar-refractivity contribution in [1.29, 1.82) is 0 Å². The summed E-state index contributed by atoms with van der Waals surface area (Å²) in [5, 5.41) is 14.5. The van der Waals surface area contributed by atoms with Crippen LogP contribution in [0.5, 0.6) is 5.75 Å². The Bertz CT molecular complexity index is 1820. The molecule has 2 saturated heterocycles. The number of aromatic nitrogens is 2. The van der Waals surface area contributed by atoms with Crippen molar-refractivity contribution in [3.8, 4) is 5.75 Å². The highest BCUT2D eigenvalue weighted by Gasteiger charge is 2.53. The van der Waals surface area contributed by atoms with E-state index in [0.717, 1.165) is 55.4 Å². The molecule has 0 spiro atoms. The lowest BCUT2D eigenvalue weighted by Crippen LogP contribution is -2.53. The molecule has 43 heavy (non-hydrogen) atoms. The Morgan fingerprint density at radius 3 is 2.74 bits per heavy atom. The molecule has 5 aliphatic rings. The fourth-order valence-corrected chi connectivity index (χ4v) is 10.6. The first-order valence-electron chi connectivity index (χ1n) is 16.9. The van der Waals surface area contributed by atoms with E-state index in [1.807, 2.05) is 6.07 Å². The highest BCUT2D eigenvalue weighted by Crippen LogP contribution is 2.61. The Morgan fingerprint density at radius 2 is 1.91 bits per heavy atom. The zero-order valence-corrected chi connectivity index (χ0v) is 25.8. The molecule has 0 radical (unpaired) electrons. The number of phenolic OH excluding ortho intramolecular Hbond substituents is 1. The monoisotopic (exact) mass is 572 g/mol. The first kappa shape index (κ1) is 26.1. The van der Waals surface area contributed by atoms with Gasteiger partial charge in [0.05, 0.1) is 29.0 Å². The van der Waals surface area contributed by atoms with Gasteiger partial charge in [0, 0.05) is 58.8 Å². The van der Waals surface area contributed by atoms with Gasteiger partial charge in [0.1, 0.15) is 5.75 Å². The van der Waals surface area contributed by atoms with Crippen molar-refractivity contribution >= 4 is 33.6 Å². The molecule has 2 fully saturated rings. The van der Waals surface area contributed by atoms with E-state index in [0.29, 0.717) is 17.2 Å². The number of piperidine rings is 2. The molecule has 4 atom stereocenters. The molecule has 222 valence electrons. The topological polar surface area (TPSA) is 44.5 Å². The van der Waals surface area contributed by atoms with Crippen LogP contribution in [0.1, 0.15) is 99.0 Å². The average Bonchev–Trinajstić information content (AvgIpc) is 3.38. The molecule has 2 aromatic carbocycles. The molecule has 4 aromatic rings. The van der Waals surface area contributed by atoms with Crippen LogP contribution in [0.3, 0.4) is 0 Å². The normalized spacial score (nSPS) is 29.5. The molecule has 0 saturated carbocycles. The van der Waals surface area contributed by atoms with Crippen molar-refractivity contribution in [3.05, 3.63) is 71.1 Å². The van der Waals surface area contributed by atoms with Crippen LogP contribution >= 0.6 is 0 Å². The third-order valence-corrected chi connectivity index (χ3v) is 12.7. The van der Waals surface area contributed by atoms with Gasteiger partial charge in [-0.2, -0.15) is 0 Å². The number of pyridine rings is 1. The van der Waals surface area contributed by atoms with Crippen molar-refractivity contribution in [2.24, 2.45) is 10.8 Å². The molecule has 2 bridgehead atoms. The van der Waals surface area contributed by atoms with Gasteiger partial charge in [-0.25, -0.2) is 0 Å². The van der Waals surface area contributed by atoms with E-state index in [1.54, 1.807) is 5.56 Å². The second-order valence-corrected chi connectivity index (χ2v) is 14.5. The fraction of sp³-hybridized carbons (Fsp3) is 0.500. The van der Waals surface area contributed by atoms with E-state index in [9.17, 15) is 5.11 Å². The second kappa shape index (κ2) is 9.11. The van der Waals surface area contributed by atoms with Crippen LogP contribution < -0.4 is 4.90 Å². The predicted molar refractivity (Wildman–Crippen MR) is 176 cm³/mol. The van der Waals surface area contributed by atoms with Crippen molar-refractivity contribution < 1.29 is 5.11 Å². The summed E-state index contributed by atoms with van der Waals surface area (Å²) in [5.74, 6) is 0.390. The van der Waals surface area contributed by atoms with E-state index in [-0.39, 0.29) is 11.5 Å². The van der Waals surface area contributed by atoms with Gasteiger partial charge in [0.2, 0.25) is 0 Å². The van der Waals surface area contributed by atoms with E-state index >= 15 is 0 Å². The maximum Gasteiger partial charge on any atom is 0.123 e. The number of fused-ring (bicyclic) bond motifs is 8. The number of rotatable bonds is 4. The average molecular weight is 573 g/mol. The van der Waals surface area contributed by atoms with Crippen molar-refractivity contribution in [3.63, 3.8) is 0 Å². The molecule has 2 aromatic heterocycles. The Hall–Kier alpha value is -3.31. The summed E-state index contributed by atoms with van der Waals surface area (Å²) in [6.45, 7) is 13.7. The van der Waals surface area contributed by atoms with E-state index in [4.69, 9.17) is 4.98 Å². The summed E-state index contributed by atoms with van der Waals surface area (Å²) in [6.07, 6.45) is 12.7. The van der Waals surface area contributed by atoms with Crippen LogP contribution in [0.25, 0.3) is 27.9 Å². The van der Waals surface area contributed by atoms with Gasteiger partial charge in [-0.1, -0.05) is 44.7 Å². The van der Waals surface area contributed by atoms with Gasteiger partial charge >= 0.3 is 0 Å². The lowest BCUT2D eigenvalue weighted by molar-refractivity contribution is -0.0314. The van der Waals surface area contributed by atoms with Crippen LogP contribution in [0.15, 0.2) is 43.0 Å². The van der Waals surface area contributed by atoms with Crippen LogP contribution in [0, 0.1) is 10.8 Å². The molecule has 0 aliphatic carbocycles. The molecule has 0 unspecified atom stereocenters. The molecule has 1 N–H and O–H groups in total. The number of anilines is 1. The molecular weight excluding hydrogens is 528 g/mol. The summed E-state index contributed by atoms with van der Waals surface area (Å²) < 4.78 is 2.65. The zero-order valence-electron chi connectivity index (χ0n) is 25.8. The smallest absolute Gasteiger partial charge is 0.123 e. The van der Waals surface area contributed by atoms with Crippen LogP contribution in [0.4, 0.5) is 5.69 Å². The number of hydrogen-bond donors (Lipinski definition) is 1. The molecule has 5 nitrogen and oxygen atoms in total. The molecule has 5 heteroatoms. The van der Waals surface area contributed by atoms with Gasteiger partial charge in [0.15, 0.2) is 0 Å². The standard InChI is InChI=1S/C38H44N4O/c1-4-24-27-19-28(33(43)20-29(27)39-30-21-37(5-2)14-9-17-41(23-37)34(24)30)32-22-38(6-3)15-10-16-40-18-13-26-25-11-7-8-12-31(25)42(32)35(26)36(38)40/h4,7-8,11-12,19-20,32,36,43H,1,5-6,9-10,13-18,21-23H2,2-3H3/t32-,36-,37-,38+/m0/s1. The fourth-order valence-electron chi connectivity index (χ4n) is 10.6. The summed E-state index contributed by atoms with van der Waals surface area (Å²) in [7, 11) is 0. The Balaban J connectivity index is 1.29. The molecule has 9 rings (SSSR count). The lowest BCUT2D eigenvalue weighted by atomic mass is 9.62. The van der Waals surface area contributed by atoms with Gasteiger partial charge in [-0.05, 0) is 92.9 Å². The highest BCUT2D eigenvalue weighted by molar-refractivity contribution is 5.96. The first-order chi connectivity index (χ1) is 21.0. The second-order valence-electron chi connectivity index (χ2n) is 14.5. The Labute approximate surface area is 255 Å². The van der Waals surface area contributed by atoms with E-state index in [2.05, 4.69) is 71.2 Å². The van der Waals surface area contributed by atoms with Gasteiger partial charge in [-0.15, -0.1) is 0 Å². The molecule has 5 aliphatic heterocycles. The maximum absolute atomic E-state index is 11.9.